The smallest absolute Gasteiger partial charge is 0.269 e. The number of thioether (sulfide) groups is 1. The highest BCUT2D eigenvalue weighted by molar-refractivity contribution is 8.01. The third-order valence-electron chi connectivity index (χ3n) is 2.79. The Morgan fingerprint density at radius 2 is 2.12 bits per heavy atom. The molecule has 0 saturated carbocycles. The number of hydrogen-bond acceptors (Lipinski definition) is 8. The molecule has 0 aliphatic heterocycles. The van der Waals surface area contributed by atoms with Crippen molar-refractivity contribution >= 4 is 39.8 Å². The van der Waals surface area contributed by atoms with Crippen LogP contribution >= 0.6 is 23.1 Å². The molecular formula is C14H16N4O4S2. The fraction of sp³-hybridized carbons (Fsp3) is 0.357. The van der Waals surface area contributed by atoms with E-state index in [9.17, 15) is 14.9 Å². The van der Waals surface area contributed by atoms with Gasteiger partial charge in [-0.25, -0.2) is 0 Å². The van der Waals surface area contributed by atoms with Crippen LogP contribution in [0.1, 0.15) is 19.8 Å². The van der Waals surface area contributed by atoms with Gasteiger partial charge in [0, 0.05) is 17.9 Å². The van der Waals surface area contributed by atoms with Crippen LogP contribution in [0.4, 0.5) is 10.8 Å². The normalized spacial score (nSPS) is 10.4. The number of carbonyl (C=O) groups is 1. The van der Waals surface area contributed by atoms with E-state index >= 15 is 0 Å². The van der Waals surface area contributed by atoms with Crippen molar-refractivity contribution in [3.8, 4) is 5.75 Å². The first-order chi connectivity index (χ1) is 11.6. The number of aromatic nitrogens is 2. The summed E-state index contributed by atoms with van der Waals surface area (Å²) in [6.45, 7) is 1.91. The van der Waals surface area contributed by atoms with Gasteiger partial charge < -0.3 is 4.74 Å². The van der Waals surface area contributed by atoms with Gasteiger partial charge in [0.15, 0.2) is 10.9 Å². The molecule has 24 heavy (non-hydrogen) atoms. The summed E-state index contributed by atoms with van der Waals surface area (Å²) in [7, 11) is 0. The van der Waals surface area contributed by atoms with Crippen LogP contribution in [-0.2, 0) is 4.79 Å². The number of carbonyl (C=O) groups excluding carboxylic acids is 1. The molecule has 1 heterocycles. The van der Waals surface area contributed by atoms with Crippen LogP contribution in [0.5, 0.6) is 5.75 Å². The van der Waals surface area contributed by atoms with Crippen molar-refractivity contribution in [2.75, 3.05) is 17.7 Å². The third-order valence-corrected chi connectivity index (χ3v) is 4.85. The Balaban J connectivity index is 1.77. The van der Waals surface area contributed by atoms with E-state index in [-0.39, 0.29) is 18.2 Å². The van der Waals surface area contributed by atoms with Crippen molar-refractivity contribution < 1.29 is 14.5 Å². The number of unbranched alkanes of at least 4 members (excludes halogenated alkanes) is 1. The van der Waals surface area contributed by atoms with E-state index in [1.165, 1.54) is 35.6 Å². The molecule has 2 aromatic rings. The van der Waals surface area contributed by atoms with Crippen molar-refractivity contribution in [3.63, 3.8) is 0 Å². The highest BCUT2D eigenvalue weighted by atomic mass is 32.2. The summed E-state index contributed by atoms with van der Waals surface area (Å²) in [6.07, 6.45) is 2.23. The monoisotopic (exact) mass is 368 g/mol. The van der Waals surface area contributed by atoms with E-state index in [4.69, 9.17) is 4.74 Å². The number of ether oxygens (including phenoxy) is 1. The van der Waals surface area contributed by atoms with Crippen molar-refractivity contribution in [3.05, 3.63) is 34.4 Å². The Hall–Kier alpha value is -2.20. The molecule has 0 bridgehead atoms. The quantitative estimate of drug-likeness (QED) is 0.238. The van der Waals surface area contributed by atoms with E-state index in [0.717, 1.165) is 22.9 Å². The molecule has 1 N–H and O–H groups in total. The minimum Gasteiger partial charge on any atom is -0.484 e. The molecule has 0 aliphatic rings. The molecule has 1 amide bonds. The number of benzene rings is 1. The van der Waals surface area contributed by atoms with Crippen LogP contribution in [0, 0.1) is 10.1 Å². The number of nitrogens with zero attached hydrogens (tertiary/aromatic N) is 3. The summed E-state index contributed by atoms with van der Waals surface area (Å²) >= 11 is 2.93. The van der Waals surface area contributed by atoms with Crippen LogP contribution in [-0.4, -0.2) is 33.4 Å². The highest BCUT2D eigenvalue weighted by Crippen LogP contribution is 2.26. The number of hydrogen-bond donors (Lipinski definition) is 1. The van der Waals surface area contributed by atoms with Gasteiger partial charge in [-0.3, -0.25) is 20.2 Å². The first kappa shape index (κ1) is 18.1. The summed E-state index contributed by atoms with van der Waals surface area (Å²) in [5.74, 6) is 0.987. The lowest BCUT2D eigenvalue weighted by atomic mass is 10.3. The van der Waals surface area contributed by atoms with Gasteiger partial charge in [0.1, 0.15) is 5.75 Å². The number of nitrogens with one attached hydrogen (secondary N) is 1. The average Bonchev–Trinajstić information content (AvgIpc) is 3.01. The fourth-order valence-electron chi connectivity index (χ4n) is 1.59. The van der Waals surface area contributed by atoms with E-state index < -0.39 is 4.92 Å². The Bertz CT molecular complexity index is 690. The molecule has 1 aromatic heterocycles. The Labute approximate surface area is 146 Å². The highest BCUT2D eigenvalue weighted by Gasteiger charge is 2.10. The molecule has 2 rings (SSSR count). The lowest BCUT2D eigenvalue weighted by Gasteiger charge is -2.05. The second-order valence-electron chi connectivity index (χ2n) is 4.66. The van der Waals surface area contributed by atoms with Gasteiger partial charge in [-0.2, -0.15) is 0 Å². The molecule has 0 atom stereocenters. The molecule has 0 spiro atoms. The summed E-state index contributed by atoms with van der Waals surface area (Å²) in [6, 6.07) is 5.52. The van der Waals surface area contributed by atoms with Crippen molar-refractivity contribution in [2.24, 2.45) is 0 Å². The van der Waals surface area contributed by atoms with Gasteiger partial charge in [-0.1, -0.05) is 36.4 Å². The average molecular weight is 368 g/mol. The molecule has 8 nitrogen and oxygen atoms in total. The summed E-state index contributed by atoms with van der Waals surface area (Å²) < 4.78 is 6.09. The molecule has 0 saturated heterocycles. The van der Waals surface area contributed by atoms with Crippen LogP contribution in [0.2, 0.25) is 0 Å². The fourth-order valence-corrected chi connectivity index (χ4v) is 3.51. The first-order valence-electron chi connectivity index (χ1n) is 7.22. The van der Waals surface area contributed by atoms with Crippen LogP contribution in [0.25, 0.3) is 0 Å². The molecule has 0 aliphatic carbocycles. The minimum absolute atomic E-state index is 0.0336. The molecular weight excluding hydrogens is 352 g/mol. The van der Waals surface area contributed by atoms with Gasteiger partial charge >= 0.3 is 0 Å². The maximum Gasteiger partial charge on any atom is 0.269 e. The lowest BCUT2D eigenvalue weighted by Crippen LogP contribution is -2.20. The van der Waals surface area contributed by atoms with E-state index in [1.54, 1.807) is 11.8 Å². The van der Waals surface area contributed by atoms with Crippen LogP contribution < -0.4 is 10.1 Å². The summed E-state index contributed by atoms with van der Waals surface area (Å²) in [4.78, 5) is 21.9. The largest absolute Gasteiger partial charge is 0.484 e. The van der Waals surface area contributed by atoms with Crippen LogP contribution in [0.15, 0.2) is 28.6 Å². The molecule has 0 fully saturated rings. The summed E-state index contributed by atoms with van der Waals surface area (Å²) in [5.41, 5.74) is -0.0336. The third kappa shape index (κ3) is 5.78. The standard InChI is InChI=1S/C14H16N4O4S2/c1-2-3-8-23-14-17-16-13(24-14)15-12(19)9-22-11-6-4-10(5-7-11)18(20)21/h4-7H,2-3,8-9H2,1H3,(H,15,16,19). The van der Waals surface area contributed by atoms with Crippen molar-refractivity contribution in [2.45, 2.75) is 24.1 Å². The number of anilines is 1. The van der Waals surface area contributed by atoms with E-state index in [1.807, 2.05) is 0 Å². The molecule has 0 radical (unpaired) electrons. The number of nitro benzene ring substituents is 1. The predicted octanol–water partition coefficient (Wildman–Crippen LogP) is 3.36. The van der Waals surface area contributed by atoms with Crippen molar-refractivity contribution in [1.82, 2.24) is 10.2 Å². The van der Waals surface area contributed by atoms with Gasteiger partial charge in [0.25, 0.3) is 11.6 Å². The molecule has 0 unspecified atom stereocenters. The molecule has 10 heteroatoms. The zero-order valence-electron chi connectivity index (χ0n) is 12.9. The van der Waals surface area contributed by atoms with Gasteiger partial charge in [0.2, 0.25) is 5.13 Å². The maximum atomic E-state index is 11.8. The minimum atomic E-state index is -0.498. The lowest BCUT2D eigenvalue weighted by molar-refractivity contribution is -0.384. The zero-order chi connectivity index (χ0) is 17.4. The Kier molecular flexibility index (Phi) is 6.94. The zero-order valence-corrected chi connectivity index (χ0v) is 14.6. The Morgan fingerprint density at radius 1 is 1.38 bits per heavy atom. The number of nitro groups is 1. The molecule has 1 aromatic carbocycles. The second-order valence-corrected chi connectivity index (χ2v) is 6.98. The van der Waals surface area contributed by atoms with E-state index in [0.29, 0.717) is 10.9 Å². The maximum absolute atomic E-state index is 11.8. The predicted molar refractivity (Wildman–Crippen MR) is 92.8 cm³/mol. The molecule has 128 valence electrons. The Morgan fingerprint density at radius 3 is 2.79 bits per heavy atom. The topological polar surface area (TPSA) is 107 Å². The second kappa shape index (κ2) is 9.18. The number of amides is 1. The summed E-state index contributed by atoms with van der Waals surface area (Å²) in [5, 5.41) is 21.5. The van der Waals surface area contributed by atoms with Crippen molar-refractivity contribution in [1.29, 1.82) is 0 Å². The SMILES string of the molecule is CCCCSc1nnc(NC(=O)COc2ccc([N+](=O)[O-])cc2)s1. The number of non-ortho nitro benzene ring substituents is 1. The van der Waals surface area contributed by atoms with Gasteiger partial charge in [-0.05, 0) is 18.6 Å². The van der Waals surface area contributed by atoms with E-state index in [2.05, 4.69) is 22.4 Å². The van der Waals surface area contributed by atoms with Gasteiger partial charge in [0.05, 0.1) is 4.92 Å². The van der Waals surface area contributed by atoms with Crippen LogP contribution in [0.3, 0.4) is 0 Å². The van der Waals surface area contributed by atoms with Gasteiger partial charge in [-0.15, -0.1) is 10.2 Å². The first-order valence-corrected chi connectivity index (χ1v) is 9.02. The number of rotatable bonds is 9.